The van der Waals surface area contributed by atoms with Gasteiger partial charge in [-0.3, -0.25) is 29.9 Å². The Hall–Kier alpha value is -3.75. The summed E-state index contributed by atoms with van der Waals surface area (Å²) in [6.07, 6.45) is 76.5. The Kier molecular flexibility index (Phi) is 101. The molecule has 3 aliphatic heterocycles. The fourth-order valence-electron chi connectivity index (χ4n) is 14.8. The predicted molar refractivity (Wildman–Crippen MR) is 511 cm³/mol. The van der Waals surface area contributed by atoms with Crippen LogP contribution < -0.4 is 15.6 Å². The number of piperazine rings is 1. The number of aliphatic hydroxyl groups excluding tert-OH is 3. The molecule has 0 aliphatic carbocycles. The summed E-state index contributed by atoms with van der Waals surface area (Å²) in [6, 6.07) is 5.91. The molecule has 7 N–H and O–H groups in total. The van der Waals surface area contributed by atoms with Crippen molar-refractivity contribution in [3.8, 4) is 5.75 Å². The number of likely N-dealkylation sites (N-methyl/N-ethyl adjacent to an activating group) is 3. The normalized spacial score (nSPS) is 13.6. The van der Waals surface area contributed by atoms with Gasteiger partial charge in [-0.1, -0.05) is 366 Å². The summed E-state index contributed by atoms with van der Waals surface area (Å²) in [5.41, 5.74) is 6.70. The highest BCUT2D eigenvalue weighted by atomic mass is 16.5. The van der Waals surface area contributed by atoms with Crippen molar-refractivity contribution in [3.05, 3.63) is 29.3 Å². The average molecular weight is 1740 g/mol. The van der Waals surface area contributed by atoms with Gasteiger partial charge in [-0.25, -0.2) is 10.5 Å². The van der Waals surface area contributed by atoms with Crippen molar-refractivity contribution in [1.29, 1.82) is 0 Å². The van der Waals surface area contributed by atoms with E-state index in [1.165, 1.54) is 340 Å². The highest BCUT2D eigenvalue weighted by molar-refractivity contribution is 5.77. The molecule has 3 saturated heterocycles. The highest BCUT2D eigenvalue weighted by Crippen LogP contribution is 2.21. The van der Waals surface area contributed by atoms with Gasteiger partial charge in [0.25, 0.3) is 5.91 Å². The summed E-state index contributed by atoms with van der Waals surface area (Å²) in [5, 5.41) is 48.3. The van der Waals surface area contributed by atoms with E-state index in [0.717, 1.165) is 115 Å². The zero-order valence-electron chi connectivity index (χ0n) is 81.1. The number of aldehydes is 2. The zero-order chi connectivity index (χ0) is 90.1. The van der Waals surface area contributed by atoms with E-state index in [-0.39, 0.29) is 44.3 Å². The average Bonchev–Trinajstić information content (AvgIpc) is 0.878. The quantitative estimate of drug-likeness (QED) is 0.0105. The maximum Gasteiger partial charge on any atom is 0.272 e. The minimum absolute atomic E-state index is 0.0290. The second kappa shape index (κ2) is 101. The molecule has 3 aliphatic rings. The molecule has 0 radical (unpaired) electrons. The van der Waals surface area contributed by atoms with Crippen molar-refractivity contribution in [2.45, 2.75) is 414 Å². The maximum absolute atomic E-state index is 11.8. The van der Waals surface area contributed by atoms with Gasteiger partial charge in [0.2, 0.25) is 11.8 Å². The second-order valence-corrected chi connectivity index (χ2v) is 34.9. The molecular formula is C100H199N9O13. The van der Waals surface area contributed by atoms with Crippen molar-refractivity contribution < 1.29 is 63.9 Å². The van der Waals surface area contributed by atoms with Gasteiger partial charge in [0.1, 0.15) is 18.3 Å². The van der Waals surface area contributed by atoms with Gasteiger partial charge in [-0.05, 0) is 72.3 Å². The number of hydrazine groups is 1. The minimum Gasteiger partial charge on any atom is -0.483 e. The van der Waals surface area contributed by atoms with E-state index in [4.69, 9.17) is 34.7 Å². The Balaban J connectivity index is -0.00000145. The first-order valence-electron chi connectivity index (χ1n) is 50.6. The Morgan fingerprint density at radius 2 is 0.705 bits per heavy atom. The number of carbonyl (C=O) groups excluding carboxylic acids is 5. The highest BCUT2D eigenvalue weighted by Gasteiger charge is 2.16. The lowest BCUT2D eigenvalue weighted by molar-refractivity contribution is -0.132. The number of nitrogens with one attached hydrogen (secondary N) is 2. The first-order valence-corrected chi connectivity index (χ1v) is 50.6. The first kappa shape index (κ1) is 122. The number of ether oxygens (including phenoxy) is 3. The van der Waals surface area contributed by atoms with Crippen molar-refractivity contribution in [3.63, 3.8) is 0 Å². The van der Waals surface area contributed by atoms with Crippen LogP contribution in [0, 0.1) is 13.8 Å². The van der Waals surface area contributed by atoms with E-state index < -0.39 is 0 Å². The van der Waals surface area contributed by atoms with Crippen LogP contribution in [0.25, 0.3) is 0 Å². The molecule has 0 saturated carbocycles. The summed E-state index contributed by atoms with van der Waals surface area (Å²) in [7, 11) is 6.46. The van der Waals surface area contributed by atoms with Gasteiger partial charge in [0, 0.05) is 117 Å². The van der Waals surface area contributed by atoms with Gasteiger partial charge < -0.3 is 63.9 Å². The van der Waals surface area contributed by atoms with E-state index in [1.54, 1.807) is 20.3 Å². The third-order valence-corrected chi connectivity index (χ3v) is 23.0. The number of carbonyl (C=O) groups is 5. The Bertz CT molecular complexity index is 2240. The van der Waals surface area contributed by atoms with E-state index in [2.05, 4.69) is 69.0 Å². The zero-order valence-corrected chi connectivity index (χ0v) is 81.1. The number of benzene rings is 1. The SMILES string of the molecule is CCCCCCCCCCCC(=O)N(CCO)CCO.CCCCCCCCCCCCCCCC(=O)NO.CCCCCCCCCCCCCCCCCCN(O)CCCCCCCCCCCCCCCCCC.CN1CCN(C)CC1.CN1CCOCC1.Cc1ccc(OCC(=O)NN2CCOCC2)c(C)c1.O=CCCN(CO)CCC=O. The molecule has 3 fully saturated rings. The lowest BCUT2D eigenvalue weighted by atomic mass is 10.0. The summed E-state index contributed by atoms with van der Waals surface area (Å²) < 4.78 is 15.8. The van der Waals surface area contributed by atoms with Gasteiger partial charge in [0.15, 0.2) is 6.61 Å². The van der Waals surface area contributed by atoms with E-state index >= 15 is 0 Å². The summed E-state index contributed by atoms with van der Waals surface area (Å²) in [4.78, 5) is 64.4. The van der Waals surface area contributed by atoms with Crippen LogP contribution in [0.1, 0.15) is 411 Å². The molecule has 3 amide bonds. The number of hydroxylamine groups is 3. The maximum atomic E-state index is 11.8. The molecule has 0 atom stereocenters. The number of aryl methyl sites for hydroxylation is 2. The van der Waals surface area contributed by atoms with Gasteiger partial charge in [-0.15, -0.1) is 0 Å². The van der Waals surface area contributed by atoms with Gasteiger partial charge in [-0.2, -0.15) is 5.06 Å². The molecule has 722 valence electrons. The largest absolute Gasteiger partial charge is 0.483 e. The van der Waals surface area contributed by atoms with Crippen LogP contribution in [0.2, 0.25) is 0 Å². The number of rotatable bonds is 73. The smallest absolute Gasteiger partial charge is 0.272 e. The number of morpholine rings is 2. The third-order valence-electron chi connectivity index (χ3n) is 23.0. The van der Waals surface area contributed by atoms with Gasteiger partial charge >= 0.3 is 0 Å². The molecule has 0 unspecified atom stereocenters. The fraction of sp³-hybridized carbons (Fsp3) is 0.890. The first-order chi connectivity index (χ1) is 59.5. The van der Waals surface area contributed by atoms with Crippen LogP contribution in [-0.4, -0.2) is 256 Å². The van der Waals surface area contributed by atoms with E-state index in [1.807, 2.05) is 37.1 Å². The molecule has 0 bridgehead atoms. The molecule has 0 spiro atoms. The summed E-state index contributed by atoms with van der Waals surface area (Å²) in [6.45, 7) is 28.1. The number of hydrogen-bond donors (Lipinski definition) is 7. The lowest BCUT2D eigenvalue weighted by Gasteiger charge is -2.28. The predicted octanol–water partition coefficient (Wildman–Crippen LogP) is 21.2. The number of unbranched alkanes of at least 4 members (excludes halogenated alkanes) is 50. The van der Waals surface area contributed by atoms with Crippen LogP contribution in [-0.2, 0) is 33.4 Å². The molecule has 22 heteroatoms. The van der Waals surface area contributed by atoms with Crippen LogP contribution in [0.3, 0.4) is 0 Å². The second-order valence-electron chi connectivity index (χ2n) is 34.9. The Morgan fingerprint density at radius 1 is 0.402 bits per heavy atom. The number of hydrogen-bond acceptors (Lipinski definition) is 19. The Morgan fingerprint density at radius 3 is 0.992 bits per heavy atom. The van der Waals surface area contributed by atoms with E-state index in [0.29, 0.717) is 65.1 Å². The third kappa shape index (κ3) is 93.9. The molecule has 1 aromatic carbocycles. The van der Waals surface area contributed by atoms with Crippen molar-refractivity contribution in [2.75, 3.05) is 166 Å². The van der Waals surface area contributed by atoms with Crippen LogP contribution in [0.15, 0.2) is 18.2 Å². The topological polar surface area (TPSA) is 261 Å². The number of amides is 3. The van der Waals surface area contributed by atoms with Crippen LogP contribution in [0.4, 0.5) is 0 Å². The number of aliphatic hydroxyl groups is 3. The monoisotopic (exact) mass is 1730 g/mol. The Labute approximate surface area is 750 Å². The summed E-state index contributed by atoms with van der Waals surface area (Å²) in [5.74, 6) is 0.406. The van der Waals surface area contributed by atoms with E-state index in [9.17, 15) is 29.2 Å². The molecule has 122 heavy (non-hydrogen) atoms. The summed E-state index contributed by atoms with van der Waals surface area (Å²) >= 11 is 0. The minimum atomic E-state index is -0.261. The molecule has 22 nitrogen and oxygen atoms in total. The fourth-order valence-corrected chi connectivity index (χ4v) is 14.8. The molecule has 4 rings (SSSR count). The molecule has 0 aromatic heterocycles. The van der Waals surface area contributed by atoms with Crippen molar-refractivity contribution in [1.82, 2.24) is 45.5 Å². The van der Waals surface area contributed by atoms with Crippen molar-refractivity contribution >= 4 is 30.3 Å². The molecule has 3 heterocycles. The molecular weight excluding hydrogens is 1540 g/mol. The van der Waals surface area contributed by atoms with Gasteiger partial charge in [0.05, 0.1) is 46.4 Å². The number of nitrogens with zero attached hydrogens (tertiary/aromatic N) is 7. The van der Waals surface area contributed by atoms with Crippen LogP contribution >= 0.6 is 0 Å². The van der Waals surface area contributed by atoms with Crippen molar-refractivity contribution in [2.24, 2.45) is 0 Å². The molecule has 1 aromatic rings. The van der Waals surface area contributed by atoms with Crippen LogP contribution in [0.5, 0.6) is 5.75 Å². The standard InChI is InChI=1S/C36H75NO.C16H33NO3.C16H33NO2.C14H20N2O3.C7H13NO3.C6H14N2.C5H11NO/c1-3-5-7-9-11-13-15-17-19-21-23-25-27-29-31-33-35-37(38)36-34-32-30-28-26-24-22-20-18-16-14-12-10-8-6-4-2;1-2-3-4-5-6-7-8-9-10-11-16(20)17(12-14-18)13-15-19;1-2-3-4-5-6-7-8-9-10-11-12-13-14-15-16(18)17-19;1-11-3-4-13(12(2)9-11)19-10-14(17)15-16-5-7-18-8-6-16;9-5-1-3-8(7-11)4-2-6-10;1-7-3-5-8(2)6-4-7;1-6-2-4-7-5-3-6/h38H,3-36H2,1-2H3;18-19H,2-15H2,1H3;19H,2-15H2,1H3,(H,17,18);3-4,9H,5-8,10H2,1-2H3,(H,15,17);5-6,11H,1-4,7H2;3-6H2,1-2H3;2-5H2,1H3. The lowest BCUT2D eigenvalue weighted by Crippen LogP contribution is -2.49.